The normalized spacial score (nSPS) is 10.9. The van der Waals surface area contributed by atoms with Gasteiger partial charge in [-0.15, -0.1) is 16.9 Å². The average molecular weight is 430 g/mol. The Balaban J connectivity index is 1.38. The van der Waals surface area contributed by atoms with Crippen LogP contribution >= 0.6 is 11.8 Å². The number of benzene rings is 3. The van der Waals surface area contributed by atoms with E-state index in [0.29, 0.717) is 11.1 Å². The molecule has 0 saturated carbocycles. The molecule has 4 rings (SSSR count). The number of carbonyl (C=O) groups is 1. The molecule has 1 amide bonds. The second-order valence-corrected chi connectivity index (χ2v) is 9.04. The SMILES string of the molecule is CC(C)Sc1cccc(-c2nnc(NC(=O)Cc3ccc(-c4ccccc4)cc3)o2)c1. The van der Waals surface area contributed by atoms with E-state index in [0.717, 1.165) is 27.1 Å². The molecule has 5 nitrogen and oxygen atoms in total. The quantitative estimate of drug-likeness (QED) is 0.360. The van der Waals surface area contributed by atoms with Crippen LogP contribution in [-0.4, -0.2) is 21.4 Å². The van der Waals surface area contributed by atoms with Crippen molar-refractivity contribution in [3.63, 3.8) is 0 Å². The molecule has 6 heteroatoms. The number of amides is 1. The van der Waals surface area contributed by atoms with Crippen molar-refractivity contribution in [2.75, 3.05) is 5.32 Å². The van der Waals surface area contributed by atoms with E-state index in [1.807, 2.05) is 60.7 Å². The monoisotopic (exact) mass is 429 g/mol. The van der Waals surface area contributed by atoms with E-state index in [9.17, 15) is 4.79 Å². The van der Waals surface area contributed by atoms with Gasteiger partial charge in [0.25, 0.3) is 0 Å². The van der Waals surface area contributed by atoms with Crippen molar-refractivity contribution >= 4 is 23.7 Å². The zero-order chi connectivity index (χ0) is 21.6. The molecule has 0 radical (unpaired) electrons. The van der Waals surface area contributed by atoms with Crippen LogP contribution in [-0.2, 0) is 11.2 Å². The molecular weight excluding hydrogens is 406 g/mol. The van der Waals surface area contributed by atoms with Gasteiger partial charge in [-0.05, 0) is 34.9 Å². The lowest BCUT2D eigenvalue weighted by atomic mass is 10.0. The summed E-state index contributed by atoms with van der Waals surface area (Å²) in [5, 5.41) is 11.2. The van der Waals surface area contributed by atoms with Crippen LogP contribution in [0.5, 0.6) is 0 Å². The molecule has 4 aromatic rings. The predicted molar refractivity (Wildman–Crippen MR) is 125 cm³/mol. The first kappa shape index (κ1) is 20.9. The van der Waals surface area contributed by atoms with Crippen LogP contribution in [0.4, 0.5) is 6.01 Å². The van der Waals surface area contributed by atoms with E-state index in [1.165, 1.54) is 0 Å². The molecular formula is C25H23N3O2S. The third-order valence-corrected chi connectivity index (χ3v) is 5.55. The van der Waals surface area contributed by atoms with E-state index >= 15 is 0 Å². The first-order valence-corrected chi connectivity index (χ1v) is 11.0. The molecule has 1 heterocycles. The Labute approximate surface area is 185 Å². The summed E-state index contributed by atoms with van der Waals surface area (Å²) in [6.45, 7) is 4.29. The number of hydrogen-bond acceptors (Lipinski definition) is 5. The molecule has 0 aliphatic carbocycles. The molecule has 156 valence electrons. The highest BCUT2D eigenvalue weighted by Crippen LogP contribution is 2.28. The van der Waals surface area contributed by atoms with Crippen LogP contribution < -0.4 is 5.32 Å². The highest BCUT2D eigenvalue weighted by Gasteiger charge is 2.13. The summed E-state index contributed by atoms with van der Waals surface area (Å²) < 4.78 is 5.65. The molecule has 1 N–H and O–H groups in total. The molecule has 0 atom stereocenters. The summed E-state index contributed by atoms with van der Waals surface area (Å²) in [5.74, 6) is 0.181. The minimum absolute atomic E-state index is 0.0998. The van der Waals surface area contributed by atoms with E-state index in [1.54, 1.807) is 11.8 Å². The minimum atomic E-state index is -0.202. The smallest absolute Gasteiger partial charge is 0.322 e. The second-order valence-electron chi connectivity index (χ2n) is 7.39. The highest BCUT2D eigenvalue weighted by molar-refractivity contribution is 7.99. The summed E-state index contributed by atoms with van der Waals surface area (Å²) in [7, 11) is 0. The van der Waals surface area contributed by atoms with Crippen molar-refractivity contribution in [2.24, 2.45) is 0 Å². The Morgan fingerprint density at radius 2 is 1.61 bits per heavy atom. The fourth-order valence-electron chi connectivity index (χ4n) is 3.16. The maximum Gasteiger partial charge on any atom is 0.322 e. The Morgan fingerprint density at radius 1 is 0.903 bits per heavy atom. The van der Waals surface area contributed by atoms with Crippen LogP contribution in [0.25, 0.3) is 22.6 Å². The Kier molecular flexibility index (Phi) is 6.48. The number of anilines is 1. The molecule has 3 aromatic carbocycles. The van der Waals surface area contributed by atoms with Crippen molar-refractivity contribution in [3.8, 4) is 22.6 Å². The minimum Gasteiger partial charge on any atom is -0.403 e. The van der Waals surface area contributed by atoms with Gasteiger partial charge in [0.05, 0.1) is 6.42 Å². The van der Waals surface area contributed by atoms with Crippen molar-refractivity contribution in [2.45, 2.75) is 30.4 Å². The summed E-state index contributed by atoms with van der Waals surface area (Å²) >= 11 is 1.77. The summed E-state index contributed by atoms with van der Waals surface area (Å²) in [5.41, 5.74) is 4.00. The molecule has 0 saturated heterocycles. The maximum atomic E-state index is 12.4. The summed E-state index contributed by atoms with van der Waals surface area (Å²) in [4.78, 5) is 13.6. The topological polar surface area (TPSA) is 68.0 Å². The molecule has 0 fully saturated rings. The van der Waals surface area contributed by atoms with Crippen LogP contribution in [0.3, 0.4) is 0 Å². The van der Waals surface area contributed by atoms with E-state index < -0.39 is 0 Å². The predicted octanol–water partition coefficient (Wildman–Crippen LogP) is 6.09. The number of thioether (sulfide) groups is 1. The van der Waals surface area contributed by atoms with Gasteiger partial charge in [0.1, 0.15) is 0 Å². The van der Waals surface area contributed by atoms with Gasteiger partial charge >= 0.3 is 6.01 Å². The lowest BCUT2D eigenvalue weighted by Gasteiger charge is -2.05. The van der Waals surface area contributed by atoms with Crippen LogP contribution in [0, 0.1) is 0 Å². The van der Waals surface area contributed by atoms with E-state index in [2.05, 4.69) is 47.6 Å². The average Bonchev–Trinajstić information content (AvgIpc) is 3.23. The van der Waals surface area contributed by atoms with Crippen molar-refractivity contribution in [1.82, 2.24) is 10.2 Å². The van der Waals surface area contributed by atoms with Gasteiger partial charge in [0.15, 0.2) is 0 Å². The third kappa shape index (κ3) is 5.61. The molecule has 31 heavy (non-hydrogen) atoms. The van der Waals surface area contributed by atoms with Gasteiger partial charge in [0, 0.05) is 15.7 Å². The lowest BCUT2D eigenvalue weighted by Crippen LogP contribution is -2.14. The Bertz CT molecular complexity index is 1150. The van der Waals surface area contributed by atoms with Gasteiger partial charge in [0.2, 0.25) is 11.8 Å². The number of nitrogens with zero attached hydrogens (tertiary/aromatic N) is 2. The van der Waals surface area contributed by atoms with Crippen LogP contribution in [0.1, 0.15) is 19.4 Å². The van der Waals surface area contributed by atoms with Crippen molar-refractivity contribution in [1.29, 1.82) is 0 Å². The summed E-state index contributed by atoms with van der Waals surface area (Å²) in [6, 6.07) is 26.1. The molecule has 0 aliphatic heterocycles. The first-order chi connectivity index (χ1) is 15.1. The molecule has 0 spiro atoms. The lowest BCUT2D eigenvalue weighted by molar-refractivity contribution is -0.115. The second kappa shape index (κ2) is 9.62. The number of carbonyl (C=O) groups excluding carboxylic acids is 1. The molecule has 0 unspecified atom stereocenters. The Hall–Kier alpha value is -3.38. The number of rotatable bonds is 7. The molecule has 0 bridgehead atoms. The zero-order valence-electron chi connectivity index (χ0n) is 17.4. The number of nitrogens with one attached hydrogen (secondary N) is 1. The van der Waals surface area contributed by atoms with Crippen molar-refractivity contribution in [3.05, 3.63) is 84.4 Å². The fourth-order valence-corrected chi connectivity index (χ4v) is 4.06. The zero-order valence-corrected chi connectivity index (χ0v) is 18.2. The van der Waals surface area contributed by atoms with E-state index in [4.69, 9.17) is 4.42 Å². The first-order valence-electron chi connectivity index (χ1n) is 10.1. The number of aromatic nitrogens is 2. The van der Waals surface area contributed by atoms with Crippen LogP contribution in [0.2, 0.25) is 0 Å². The van der Waals surface area contributed by atoms with Gasteiger partial charge in [-0.25, -0.2) is 0 Å². The van der Waals surface area contributed by atoms with Crippen molar-refractivity contribution < 1.29 is 9.21 Å². The van der Waals surface area contributed by atoms with Gasteiger partial charge in [-0.3, -0.25) is 10.1 Å². The number of hydrogen-bond donors (Lipinski definition) is 1. The standard InChI is InChI=1S/C25H23N3O2S/c1-17(2)31-22-10-6-9-21(16-22)24-27-28-25(30-24)26-23(29)15-18-11-13-20(14-12-18)19-7-4-3-5-8-19/h3-14,16-17H,15H2,1-2H3,(H,26,28,29). The van der Waals surface area contributed by atoms with Gasteiger partial charge < -0.3 is 4.42 Å². The molecule has 1 aromatic heterocycles. The third-order valence-electron chi connectivity index (χ3n) is 4.55. The van der Waals surface area contributed by atoms with Gasteiger partial charge in [-0.2, -0.15) is 0 Å². The summed E-state index contributed by atoms with van der Waals surface area (Å²) in [6.07, 6.45) is 0.229. The van der Waals surface area contributed by atoms with Crippen LogP contribution in [0.15, 0.2) is 88.2 Å². The fraction of sp³-hybridized carbons (Fsp3) is 0.160. The van der Waals surface area contributed by atoms with E-state index in [-0.39, 0.29) is 18.3 Å². The molecule has 0 aliphatic rings. The highest BCUT2D eigenvalue weighted by atomic mass is 32.2. The largest absolute Gasteiger partial charge is 0.403 e. The van der Waals surface area contributed by atoms with Gasteiger partial charge in [-0.1, -0.05) is 79.6 Å². The maximum absolute atomic E-state index is 12.4. The Morgan fingerprint density at radius 3 is 2.35 bits per heavy atom.